The molecule has 0 saturated carbocycles. The minimum absolute atomic E-state index is 0.101. The summed E-state index contributed by atoms with van der Waals surface area (Å²) in [6.45, 7) is 1.99. The lowest BCUT2D eigenvalue weighted by Crippen LogP contribution is -2.01. The third-order valence-electron chi connectivity index (χ3n) is 3.88. The van der Waals surface area contributed by atoms with Crippen molar-refractivity contribution in [1.82, 2.24) is 10.1 Å². The summed E-state index contributed by atoms with van der Waals surface area (Å²) in [5.74, 6) is 0.160. The van der Waals surface area contributed by atoms with E-state index in [9.17, 15) is 4.79 Å². The molecule has 1 heterocycles. The second-order valence-electron chi connectivity index (χ2n) is 5.74. The molecule has 0 amide bonds. The van der Waals surface area contributed by atoms with Crippen molar-refractivity contribution in [3.8, 4) is 17.5 Å². The molecule has 0 fully saturated rings. The molecule has 0 unspecified atom stereocenters. The van der Waals surface area contributed by atoms with Crippen LogP contribution in [-0.4, -0.2) is 16.1 Å². The molecule has 0 bridgehead atoms. The molecular formula is C21H17N3O3. The van der Waals surface area contributed by atoms with Gasteiger partial charge in [0.05, 0.1) is 11.6 Å². The number of esters is 1. The van der Waals surface area contributed by atoms with Crippen molar-refractivity contribution in [3.63, 3.8) is 0 Å². The summed E-state index contributed by atoms with van der Waals surface area (Å²) < 4.78 is 10.2. The van der Waals surface area contributed by atoms with Crippen molar-refractivity contribution in [2.75, 3.05) is 0 Å². The fraction of sp³-hybridized carbons (Fsp3) is 0.143. The van der Waals surface area contributed by atoms with Gasteiger partial charge < -0.3 is 9.26 Å². The molecule has 0 aliphatic heterocycles. The van der Waals surface area contributed by atoms with E-state index in [4.69, 9.17) is 14.5 Å². The number of carbonyl (C=O) groups is 1. The van der Waals surface area contributed by atoms with Gasteiger partial charge in [-0.1, -0.05) is 48.5 Å². The van der Waals surface area contributed by atoms with Crippen molar-refractivity contribution in [1.29, 1.82) is 5.26 Å². The Hall–Kier alpha value is -3.72. The third kappa shape index (κ3) is 4.89. The molecule has 0 aliphatic carbocycles. The molecule has 0 spiro atoms. The topological polar surface area (TPSA) is 89.0 Å². The SMILES string of the molecule is CCc1ccc(-c2noc(COC(=O)/C=C/c3ccc(C#N)cc3)n2)cc1. The highest BCUT2D eigenvalue weighted by Gasteiger charge is 2.10. The van der Waals surface area contributed by atoms with Crippen LogP contribution < -0.4 is 0 Å². The Bertz CT molecular complexity index is 981. The molecule has 0 atom stereocenters. The number of aromatic nitrogens is 2. The van der Waals surface area contributed by atoms with Crippen LogP contribution in [0.4, 0.5) is 0 Å². The van der Waals surface area contributed by atoms with Crippen LogP contribution in [0.2, 0.25) is 0 Å². The van der Waals surface area contributed by atoms with Gasteiger partial charge in [0, 0.05) is 11.6 Å². The van der Waals surface area contributed by atoms with Crippen LogP contribution >= 0.6 is 0 Å². The van der Waals surface area contributed by atoms with Gasteiger partial charge in [-0.3, -0.25) is 0 Å². The maximum atomic E-state index is 11.8. The summed E-state index contributed by atoms with van der Waals surface area (Å²) in [5, 5.41) is 12.7. The molecular weight excluding hydrogens is 342 g/mol. The standard InChI is InChI=1S/C21H17N3O3/c1-2-15-7-10-18(11-8-15)21-23-19(27-24-21)14-26-20(25)12-9-16-3-5-17(13-22)6-4-16/h3-12H,2,14H2,1H3/b12-9+. The van der Waals surface area contributed by atoms with Gasteiger partial charge in [-0.25, -0.2) is 4.79 Å². The normalized spacial score (nSPS) is 10.7. The number of ether oxygens (including phenoxy) is 1. The number of rotatable bonds is 6. The molecule has 0 N–H and O–H groups in total. The highest BCUT2D eigenvalue weighted by atomic mass is 16.6. The zero-order valence-electron chi connectivity index (χ0n) is 14.8. The molecule has 134 valence electrons. The number of hydrogen-bond donors (Lipinski definition) is 0. The quantitative estimate of drug-likeness (QED) is 0.489. The van der Waals surface area contributed by atoms with E-state index in [1.807, 2.05) is 30.3 Å². The van der Waals surface area contributed by atoms with Crippen molar-refractivity contribution < 1.29 is 14.1 Å². The monoisotopic (exact) mass is 359 g/mol. The number of hydrogen-bond acceptors (Lipinski definition) is 6. The average Bonchev–Trinajstić information content (AvgIpc) is 3.20. The summed E-state index contributed by atoms with van der Waals surface area (Å²) in [4.78, 5) is 16.0. The fourth-order valence-corrected chi connectivity index (χ4v) is 2.33. The van der Waals surface area contributed by atoms with Gasteiger partial charge in [-0.15, -0.1) is 0 Å². The third-order valence-corrected chi connectivity index (χ3v) is 3.88. The summed E-state index contributed by atoms with van der Waals surface area (Å²) in [5.41, 5.74) is 3.42. The second kappa shape index (κ2) is 8.59. The first-order chi connectivity index (χ1) is 13.2. The molecule has 0 saturated heterocycles. The van der Waals surface area contributed by atoms with Crippen molar-refractivity contribution in [3.05, 3.63) is 77.2 Å². The Morgan fingerprint density at radius 2 is 1.93 bits per heavy atom. The minimum atomic E-state index is -0.522. The number of benzene rings is 2. The van der Waals surface area contributed by atoms with Crippen molar-refractivity contribution >= 4 is 12.0 Å². The van der Waals surface area contributed by atoms with Crippen LogP contribution in [0.15, 0.2) is 59.1 Å². The first kappa shape index (κ1) is 18.1. The first-order valence-electron chi connectivity index (χ1n) is 8.45. The van der Waals surface area contributed by atoms with E-state index in [2.05, 4.69) is 17.1 Å². The zero-order valence-corrected chi connectivity index (χ0v) is 14.8. The van der Waals surface area contributed by atoms with Crippen LogP contribution in [0.25, 0.3) is 17.5 Å². The Morgan fingerprint density at radius 3 is 2.59 bits per heavy atom. The summed E-state index contributed by atoms with van der Waals surface area (Å²) in [7, 11) is 0. The Labute approximate surface area is 156 Å². The summed E-state index contributed by atoms with van der Waals surface area (Å²) >= 11 is 0. The molecule has 6 heteroatoms. The average molecular weight is 359 g/mol. The van der Waals surface area contributed by atoms with E-state index in [1.54, 1.807) is 30.3 Å². The lowest BCUT2D eigenvalue weighted by molar-refractivity contribution is -0.139. The van der Waals surface area contributed by atoms with Gasteiger partial charge in [0.2, 0.25) is 5.82 Å². The molecule has 3 aromatic rings. The molecule has 27 heavy (non-hydrogen) atoms. The molecule has 2 aromatic carbocycles. The van der Waals surface area contributed by atoms with E-state index < -0.39 is 5.97 Å². The molecule has 0 aliphatic rings. The van der Waals surface area contributed by atoms with Gasteiger partial charge in [-0.05, 0) is 35.8 Å². The van der Waals surface area contributed by atoms with Crippen LogP contribution in [0.1, 0.15) is 29.5 Å². The highest BCUT2D eigenvalue weighted by molar-refractivity contribution is 5.87. The summed E-state index contributed by atoms with van der Waals surface area (Å²) in [6.07, 6.45) is 3.88. The predicted octanol–water partition coefficient (Wildman–Crippen LogP) is 3.93. The molecule has 3 rings (SSSR count). The fourth-order valence-electron chi connectivity index (χ4n) is 2.33. The lowest BCUT2D eigenvalue weighted by Gasteiger charge is -1.98. The van der Waals surface area contributed by atoms with Gasteiger partial charge in [-0.2, -0.15) is 10.2 Å². The van der Waals surface area contributed by atoms with E-state index >= 15 is 0 Å². The van der Waals surface area contributed by atoms with Crippen molar-refractivity contribution in [2.24, 2.45) is 0 Å². The van der Waals surface area contributed by atoms with Crippen LogP contribution in [-0.2, 0) is 22.6 Å². The van der Waals surface area contributed by atoms with E-state index in [0.29, 0.717) is 11.4 Å². The van der Waals surface area contributed by atoms with Gasteiger partial charge in [0.1, 0.15) is 0 Å². The van der Waals surface area contributed by atoms with Gasteiger partial charge in [0.25, 0.3) is 5.89 Å². The molecule has 6 nitrogen and oxygen atoms in total. The minimum Gasteiger partial charge on any atom is -0.452 e. The van der Waals surface area contributed by atoms with E-state index in [0.717, 1.165) is 17.5 Å². The number of aryl methyl sites for hydroxylation is 1. The van der Waals surface area contributed by atoms with Crippen LogP contribution in [0, 0.1) is 11.3 Å². The van der Waals surface area contributed by atoms with Crippen molar-refractivity contribution in [2.45, 2.75) is 20.0 Å². The molecule has 1 aromatic heterocycles. The Morgan fingerprint density at radius 1 is 1.19 bits per heavy atom. The first-order valence-corrected chi connectivity index (χ1v) is 8.45. The van der Waals surface area contributed by atoms with Gasteiger partial charge in [0.15, 0.2) is 6.61 Å². The smallest absolute Gasteiger partial charge is 0.331 e. The number of carbonyl (C=O) groups excluding carboxylic acids is 1. The predicted molar refractivity (Wildman–Crippen MR) is 99.1 cm³/mol. The number of nitriles is 1. The maximum Gasteiger partial charge on any atom is 0.331 e. The van der Waals surface area contributed by atoms with Crippen LogP contribution in [0.3, 0.4) is 0 Å². The second-order valence-corrected chi connectivity index (χ2v) is 5.74. The summed E-state index contributed by atoms with van der Waals surface area (Å²) in [6, 6.07) is 16.8. The van der Waals surface area contributed by atoms with Crippen LogP contribution in [0.5, 0.6) is 0 Å². The maximum absolute atomic E-state index is 11.8. The zero-order chi connectivity index (χ0) is 19.1. The number of nitrogens with zero attached hydrogens (tertiary/aromatic N) is 3. The van der Waals surface area contributed by atoms with Gasteiger partial charge >= 0.3 is 5.97 Å². The largest absolute Gasteiger partial charge is 0.452 e. The Kier molecular flexibility index (Phi) is 5.75. The lowest BCUT2D eigenvalue weighted by atomic mass is 10.1. The molecule has 0 radical (unpaired) electrons. The van der Waals surface area contributed by atoms with E-state index in [-0.39, 0.29) is 12.5 Å². The van der Waals surface area contributed by atoms with E-state index in [1.165, 1.54) is 11.6 Å². The highest BCUT2D eigenvalue weighted by Crippen LogP contribution is 2.17. The Balaban J connectivity index is 1.55.